The SMILES string of the molecule is CNC(=O)OC1(Cc2c(-c3ccc(Br)c(F)c3)cnn2C)CCCC1. The number of alkyl carbamates (subject to hydrolysis) is 1. The number of nitrogens with one attached hydrogen (secondary N) is 1. The highest BCUT2D eigenvalue weighted by Crippen LogP contribution is 2.38. The lowest BCUT2D eigenvalue weighted by Gasteiger charge is -2.29. The summed E-state index contributed by atoms with van der Waals surface area (Å²) in [5.74, 6) is -0.315. The molecule has 134 valence electrons. The quantitative estimate of drug-likeness (QED) is 0.822. The number of halogens is 2. The number of hydrogen-bond acceptors (Lipinski definition) is 3. The molecule has 0 aliphatic heterocycles. The van der Waals surface area contributed by atoms with Crippen molar-refractivity contribution in [3.63, 3.8) is 0 Å². The third kappa shape index (κ3) is 3.71. The van der Waals surface area contributed by atoms with E-state index in [4.69, 9.17) is 4.74 Å². The summed E-state index contributed by atoms with van der Waals surface area (Å²) in [5, 5.41) is 6.88. The monoisotopic (exact) mass is 409 g/mol. The van der Waals surface area contributed by atoms with Crippen LogP contribution in [0.2, 0.25) is 0 Å². The fourth-order valence-electron chi connectivity index (χ4n) is 3.46. The fourth-order valence-corrected chi connectivity index (χ4v) is 3.71. The van der Waals surface area contributed by atoms with Crippen molar-refractivity contribution in [2.45, 2.75) is 37.7 Å². The molecule has 1 aliphatic rings. The van der Waals surface area contributed by atoms with E-state index in [1.807, 2.05) is 13.1 Å². The van der Waals surface area contributed by atoms with Crippen LogP contribution >= 0.6 is 15.9 Å². The van der Waals surface area contributed by atoms with Crippen molar-refractivity contribution in [3.8, 4) is 11.1 Å². The molecule has 1 N–H and O–H groups in total. The summed E-state index contributed by atoms with van der Waals surface area (Å²) >= 11 is 3.18. The van der Waals surface area contributed by atoms with Gasteiger partial charge >= 0.3 is 6.09 Å². The molecule has 1 aliphatic carbocycles. The predicted molar refractivity (Wildman–Crippen MR) is 96.7 cm³/mol. The molecule has 3 rings (SSSR count). The third-order valence-electron chi connectivity index (χ3n) is 4.81. The van der Waals surface area contributed by atoms with Crippen LogP contribution in [0.25, 0.3) is 11.1 Å². The highest BCUT2D eigenvalue weighted by Gasteiger charge is 2.39. The molecule has 1 aromatic carbocycles. The Labute approximate surface area is 154 Å². The first-order valence-corrected chi connectivity index (χ1v) is 9.10. The van der Waals surface area contributed by atoms with Crippen molar-refractivity contribution < 1.29 is 13.9 Å². The van der Waals surface area contributed by atoms with Crippen LogP contribution in [0.4, 0.5) is 9.18 Å². The number of amides is 1. The van der Waals surface area contributed by atoms with Gasteiger partial charge < -0.3 is 10.1 Å². The number of aromatic nitrogens is 2. The predicted octanol–water partition coefficient (Wildman–Crippen LogP) is 4.20. The number of aryl methyl sites for hydroxylation is 1. The Kier molecular flexibility index (Phi) is 5.13. The van der Waals surface area contributed by atoms with Crippen LogP contribution in [0, 0.1) is 5.82 Å². The van der Waals surface area contributed by atoms with Gasteiger partial charge in [-0.2, -0.15) is 5.10 Å². The summed E-state index contributed by atoms with van der Waals surface area (Å²) in [6.07, 6.45) is 5.57. The molecule has 0 radical (unpaired) electrons. The average molecular weight is 410 g/mol. The Balaban J connectivity index is 1.95. The maximum atomic E-state index is 13.9. The molecule has 0 saturated heterocycles. The van der Waals surface area contributed by atoms with Crippen LogP contribution in [0.15, 0.2) is 28.9 Å². The van der Waals surface area contributed by atoms with Gasteiger partial charge in [-0.3, -0.25) is 4.68 Å². The molecule has 0 atom stereocenters. The van der Waals surface area contributed by atoms with Gasteiger partial charge in [0.25, 0.3) is 0 Å². The highest BCUT2D eigenvalue weighted by molar-refractivity contribution is 9.10. The summed E-state index contributed by atoms with van der Waals surface area (Å²) in [5.41, 5.74) is 2.03. The van der Waals surface area contributed by atoms with Crippen LogP contribution in [0.1, 0.15) is 31.4 Å². The van der Waals surface area contributed by atoms with E-state index in [0.29, 0.717) is 10.9 Å². The second-order valence-electron chi connectivity index (χ2n) is 6.46. The van der Waals surface area contributed by atoms with Gasteiger partial charge in [0.05, 0.1) is 10.7 Å². The van der Waals surface area contributed by atoms with Crippen molar-refractivity contribution in [2.24, 2.45) is 7.05 Å². The Hall–Kier alpha value is -1.89. The van der Waals surface area contributed by atoms with E-state index in [9.17, 15) is 9.18 Å². The lowest BCUT2D eigenvalue weighted by molar-refractivity contribution is 0.0161. The molecule has 2 aromatic rings. The standard InChI is InChI=1S/C18H21BrFN3O2/c1-21-17(24)25-18(7-3-4-8-18)10-16-13(11-22-23(16)2)12-5-6-14(19)15(20)9-12/h5-6,9,11H,3-4,7-8,10H2,1-2H3,(H,21,24). The Bertz CT molecular complexity index is 785. The number of ether oxygens (including phenoxy) is 1. The first kappa shape index (κ1) is 17.9. The lowest BCUT2D eigenvalue weighted by Crippen LogP contribution is -2.38. The summed E-state index contributed by atoms with van der Waals surface area (Å²) in [4.78, 5) is 11.8. The number of carbonyl (C=O) groups excluding carboxylic acids is 1. The Morgan fingerprint density at radius 3 is 2.80 bits per heavy atom. The van der Waals surface area contributed by atoms with Gasteiger partial charge in [-0.15, -0.1) is 0 Å². The molecule has 1 fully saturated rings. The molecule has 1 heterocycles. The van der Waals surface area contributed by atoms with Crippen molar-refractivity contribution in [1.82, 2.24) is 15.1 Å². The summed E-state index contributed by atoms with van der Waals surface area (Å²) in [6, 6.07) is 5.04. The van der Waals surface area contributed by atoms with Gasteiger partial charge in [0, 0.05) is 31.8 Å². The maximum Gasteiger partial charge on any atom is 0.407 e. The minimum atomic E-state index is -0.531. The fraction of sp³-hybridized carbons (Fsp3) is 0.444. The normalized spacial score (nSPS) is 16.0. The Morgan fingerprint density at radius 2 is 2.16 bits per heavy atom. The van der Waals surface area contributed by atoms with Gasteiger partial charge in [0.1, 0.15) is 11.4 Å². The van der Waals surface area contributed by atoms with E-state index in [1.165, 1.54) is 6.07 Å². The van der Waals surface area contributed by atoms with E-state index in [1.54, 1.807) is 24.0 Å². The number of nitrogens with zero attached hydrogens (tertiary/aromatic N) is 2. The summed E-state index contributed by atoms with van der Waals surface area (Å²) in [6.45, 7) is 0. The second-order valence-corrected chi connectivity index (χ2v) is 7.32. The first-order chi connectivity index (χ1) is 11.9. The molecule has 5 nitrogen and oxygen atoms in total. The van der Waals surface area contributed by atoms with Crippen LogP contribution in [0.5, 0.6) is 0 Å². The Morgan fingerprint density at radius 1 is 1.44 bits per heavy atom. The van der Waals surface area contributed by atoms with Gasteiger partial charge in [0.15, 0.2) is 0 Å². The van der Waals surface area contributed by atoms with Gasteiger partial charge in [-0.25, -0.2) is 9.18 Å². The van der Waals surface area contributed by atoms with Gasteiger partial charge in [0.2, 0.25) is 0 Å². The molecular weight excluding hydrogens is 389 g/mol. The van der Waals surface area contributed by atoms with E-state index in [2.05, 4.69) is 26.3 Å². The highest BCUT2D eigenvalue weighted by atomic mass is 79.9. The zero-order chi connectivity index (χ0) is 18.0. The van der Waals surface area contributed by atoms with Crippen LogP contribution in [0.3, 0.4) is 0 Å². The summed E-state index contributed by atoms with van der Waals surface area (Å²) < 4.78 is 21.9. The van der Waals surface area contributed by atoms with E-state index in [-0.39, 0.29) is 5.82 Å². The number of rotatable bonds is 4. The first-order valence-electron chi connectivity index (χ1n) is 8.31. The second kappa shape index (κ2) is 7.15. The van der Waals surface area contributed by atoms with Crippen molar-refractivity contribution in [2.75, 3.05) is 7.05 Å². The summed E-state index contributed by atoms with van der Waals surface area (Å²) in [7, 11) is 3.42. The van der Waals surface area contributed by atoms with Gasteiger partial charge in [-0.1, -0.05) is 6.07 Å². The number of carbonyl (C=O) groups is 1. The molecular formula is C18H21BrFN3O2. The zero-order valence-electron chi connectivity index (χ0n) is 14.3. The van der Waals surface area contributed by atoms with Crippen LogP contribution < -0.4 is 5.32 Å². The van der Waals surface area contributed by atoms with Crippen molar-refractivity contribution in [1.29, 1.82) is 0 Å². The molecule has 1 amide bonds. The molecule has 1 aromatic heterocycles. The molecule has 1 saturated carbocycles. The largest absolute Gasteiger partial charge is 0.443 e. The zero-order valence-corrected chi connectivity index (χ0v) is 15.9. The minimum Gasteiger partial charge on any atom is -0.443 e. The van der Waals surface area contributed by atoms with Crippen molar-refractivity contribution in [3.05, 3.63) is 40.4 Å². The van der Waals surface area contributed by atoms with Crippen LogP contribution in [-0.2, 0) is 18.2 Å². The topological polar surface area (TPSA) is 56.1 Å². The minimum absolute atomic E-state index is 0.315. The molecule has 0 spiro atoms. The van der Waals surface area contributed by atoms with Gasteiger partial charge in [-0.05, 0) is 59.3 Å². The van der Waals surface area contributed by atoms with E-state index in [0.717, 1.165) is 42.5 Å². The van der Waals surface area contributed by atoms with Crippen molar-refractivity contribution >= 4 is 22.0 Å². The van der Waals surface area contributed by atoms with Crippen LogP contribution in [-0.4, -0.2) is 28.5 Å². The smallest absolute Gasteiger partial charge is 0.407 e. The molecule has 7 heteroatoms. The molecule has 0 unspecified atom stereocenters. The third-order valence-corrected chi connectivity index (χ3v) is 5.45. The number of benzene rings is 1. The lowest BCUT2D eigenvalue weighted by atomic mass is 9.92. The molecule has 25 heavy (non-hydrogen) atoms. The number of hydrogen-bond donors (Lipinski definition) is 1. The maximum absolute atomic E-state index is 13.9. The van der Waals surface area contributed by atoms with E-state index >= 15 is 0 Å². The molecule has 0 bridgehead atoms. The van der Waals surface area contributed by atoms with E-state index < -0.39 is 11.7 Å². The average Bonchev–Trinajstić information content (AvgIpc) is 3.18.